The molecule has 2 nitrogen and oxygen atoms in total. The van der Waals surface area contributed by atoms with Gasteiger partial charge in [0, 0.05) is 18.8 Å². The lowest BCUT2D eigenvalue weighted by Crippen LogP contribution is -2.48. The van der Waals surface area contributed by atoms with Gasteiger partial charge < -0.3 is 4.74 Å². The first kappa shape index (κ1) is 8.52. The fraction of sp³-hybridized carbons (Fsp3) is 1.00. The number of hydrogen-bond donors (Lipinski definition) is 0. The Morgan fingerprint density at radius 1 is 1.08 bits per heavy atom. The van der Waals surface area contributed by atoms with Crippen LogP contribution in [-0.4, -0.2) is 36.7 Å². The summed E-state index contributed by atoms with van der Waals surface area (Å²) in [5.41, 5.74) is 0.467. The summed E-state index contributed by atoms with van der Waals surface area (Å²) in [6.07, 6.45) is 5.26. The normalized spacial score (nSPS) is 30.8. The van der Waals surface area contributed by atoms with Gasteiger partial charge in [-0.1, -0.05) is 0 Å². The highest BCUT2D eigenvalue weighted by molar-refractivity contribution is 4.90. The maximum absolute atomic E-state index is 5.40. The third kappa shape index (κ3) is 1.50. The van der Waals surface area contributed by atoms with Crippen molar-refractivity contribution in [1.82, 2.24) is 4.90 Å². The maximum atomic E-state index is 5.40. The van der Waals surface area contributed by atoms with Gasteiger partial charge in [-0.2, -0.15) is 0 Å². The minimum Gasteiger partial charge on any atom is -0.381 e. The Kier molecular flexibility index (Phi) is 2.37. The number of hydrogen-bond acceptors (Lipinski definition) is 2. The summed E-state index contributed by atoms with van der Waals surface area (Å²) in [5.74, 6) is 0. The van der Waals surface area contributed by atoms with Gasteiger partial charge in [0.15, 0.2) is 0 Å². The van der Waals surface area contributed by atoms with Gasteiger partial charge in [0.1, 0.15) is 0 Å². The van der Waals surface area contributed by atoms with E-state index in [0.29, 0.717) is 5.54 Å². The summed E-state index contributed by atoms with van der Waals surface area (Å²) in [4.78, 5) is 2.66. The van der Waals surface area contributed by atoms with Crippen molar-refractivity contribution in [3.63, 3.8) is 0 Å². The number of ether oxygens (including phenoxy) is 1. The molecule has 2 heterocycles. The first-order chi connectivity index (χ1) is 5.81. The molecule has 0 radical (unpaired) electrons. The molecule has 70 valence electrons. The Morgan fingerprint density at radius 2 is 1.67 bits per heavy atom. The minimum absolute atomic E-state index is 0.467. The van der Waals surface area contributed by atoms with Crippen LogP contribution < -0.4 is 0 Å². The zero-order chi connectivity index (χ0) is 8.44. The van der Waals surface area contributed by atoms with E-state index in [0.717, 1.165) is 13.2 Å². The molecule has 2 heteroatoms. The van der Waals surface area contributed by atoms with Crippen LogP contribution >= 0.6 is 0 Å². The van der Waals surface area contributed by atoms with Crippen LogP contribution in [-0.2, 0) is 4.74 Å². The lowest BCUT2D eigenvalue weighted by atomic mass is 9.91. The number of rotatable bonds is 1. The molecule has 0 aromatic heterocycles. The Morgan fingerprint density at radius 3 is 2.25 bits per heavy atom. The molecule has 0 bridgehead atoms. The Hall–Kier alpha value is -0.0800. The molecule has 2 fully saturated rings. The van der Waals surface area contributed by atoms with E-state index in [4.69, 9.17) is 4.74 Å². The quantitative estimate of drug-likeness (QED) is 0.592. The molecule has 0 saturated carbocycles. The van der Waals surface area contributed by atoms with Gasteiger partial charge >= 0.3 is 0 Å². The molecule has 12 heavy (non-hydrogen) atoms. The summed E-state index contributed by atoms with van der Waals surface area (Å²) < 4.78 is 5.40. The molecular formula is C10H19NO. The predicted molar refractivity (Wildman–Crippen MR) is 49.3 cm³/mol. The molecule has 2 saturated heterocycles. The van der Waals surface area contributed by atoms with Crippen molar-refractivity contribution in [2.45, 2.75) is 38.1 Å². The highest BCUT2D eigenvalue weighted by Crippen LogP contribution is 2.30. The number of likely N-dealkylation sites (tertiary alicyclic amines) is 1. The van der Waals surface area contributed by atoms with Gasteiger partial charge in [-0.15, -0.1) is 0 Å². The monoisotopic (exact) mass is 169 g/mol. The van der Waals surface area contributed by atoms with Crippen molar-refractivity contribution in [3.8, 4) is 0 Å². The van der Waals surface area contributed by atoms with E-state index < -0.39 is 0 Å². The predicted octanol–water partition coefficient (Wildman–Crippen LogP) is 1.65. The summed E-state index contributed by atoms with van der Waals surface area (Å²) >= 11 is 0. The Balaban J connectivity index is 1.97. The zero-order valence-corrected chi connectivity index (χ0v) is 8.01. The van der Waals surface area contributed by atoms with Crippen molar-refractivity contribution in [2.75, 3.05) is 26.3 Å². The highest BCUT2D eigenvalue weighted by Gasteiger charge is 2.34. The molecule has 2 rings (SSSR count). The molecule has 0 atom stereocenters. The molecule has 0 unspecified atom stereocenters. The highest BCUT2D eigenvalue weighted by atomic mass is 16.5. The van der Waals surface area contributed by atoms with Gasteiger partial charge in [-0.25, -0.2) is 0 Å². The van der Waals surface area contributed by atoms with Gasteiger partial charge in [0.05, 0.1) is 0 Å². The second-order valence-electron chi connectivity index (χ2n) is 4.30. The van der Waals surface area contributed by atoms with Crippen LogP contribution in [0.25, 0.3) is 0 Å². The second-order valence-corrected chi connectivity index (χ2v) is 4.30. The topological polar surface area (TPSA) is 12.5 Å². The van der Waals surface area contributed by atoms with Crippen LogP contribution in [0.5, 0.6) is 0 Å². The van der Waals surface area contributed by atoms with E-state index in [-0.39, 0.29) is 0 Å². The van der Waals surface area contributed by atoms with E-state index in [9.17, 15) is 0 Å². The lowest BCUT2D eigenvalue weighted by Gasteiger charge is -2.41. The molecule has 0 aromatic rings. The van der Waals surface area contributed by atoms with Gasteiger partial charge in [0.2, 0.25) is 0 Å². The maximum Gasteiger partial charge on any atom is 0.0483 e. The third-order valence-corrected chi connectivity index (χ3v) is 3.44. The van der Waals surface area contributed by atoms with Gasteiger partial charge in [0.25, 0.3) is 0 Å². The smallest absolute Gasteiger partial charge is 0.0483 e. The molecule has 0 amide bonds. The molecule has 0 aromatic carbocycles. The van der Waals surface area contributed by atoms with Crippen LogP contribution in [0.2, 0.25) is 0 Å². The molecule has 2 aliphatic rings. The van der Waals surface area contributed by atoms with Crippen molar-refractivity contribution in [2.24, 2.45) is 0 Å². The molecule has 0 spiro atoms. The summed E-state index contributed by atoms with van der Waals surface area (Å²) in [6.45, 7) is 6.97. The lowest BCUT2D eigenvalue weighted by molar-refractivity contribution is -0.00880. The van der Waals surface area contributed by atoms with Crippen molar-refractivity contribution >= 4 is 0 Å². The van der Waals surface area contributed by atoms with Crippen LogP contribution in [0.15, 0.2) is 0 Å². The van der Waals surface area contributed by atoms with E-state index in [2.05, 4.69) is 11.8 Å². The van der Waals surface area contributed by atoms with Crippen molar-refractivity contribution in [3.05, 3.63) is 0 Å². The first-order valence-corrected chi connectivity index (χ1v) is 5.14. The van der Waals surface area contributed by atoms with E-state index in [1.807, 2.05) is 0 Å². The van der Waals surface area contributed by atoms with E-state index in [1.54, 1.807) is 0 Å². The van der Waals surface area contributed by atoms with E-state index in [1.165, 1.54) is 38.8 Å². The fourth-order valence-corrected chi connectivity index (χ4v) is 2.38. The van der Waals surface area contributed by atoms with Crippen molar-refractivity contribution < 1.29 is 4.74 Å². The van der Waals surface area contributed by atoms with Crippen LogP contribution in [0.1, 0.15) is 32.6 Å². The summed E-state index contributed by atoms with van der Waals surface area (Å²) in [6, 6.07) is 0. The van der Waals surface area contributed by atoms with Crippen LogP contribution in [0.3, 0.4) is 0 Å². The second kappa shape index (κ2) is 3.35. The minimum atomic E-state index is 0.467. The van der Waals surface area contributed by atoms with E-state index >= 15 is 0 Å². The largest absolute Gasteiger partial charge is 0.381 e. The van der Waals surface area contributed by atoms with Gasteiger partial charge in [-0.05, 0) is 45.7 Å². The SMILES string of the molecule is CC1(N2CCCC2)CCOCC1. The van der Waals surface area contributed by atoms with Gasteiger partial charge in [-0.3, -0.25) is 4.90 Å². The molecule has 0 aliphatic carbocycles. The zero-order valence-electron chi connectivity index (χ0n) is 8.01. The van der Waals surface area contributed by atoms with Crippen LogP contribution in [0, 0.1) is 0 Å². The molecule has 2 aliphatic heterocycles. The fourth-order valence-electron chi connectivity index (χ4n) is 2.38. The number of nitrogens with zero attached hydrogens (tertiary/aromatic N) is 1. The Bertz CT molecular complexity index is 146. The van der Waals surface area contributed by atoms with Crippen molar-refractivity contribution in [1.29, 1.82) is 0 Å². The first-order valence-electron chi connectivity index (χ1n) is 5.14. The summed E-state index contributed by atoms with van der Waals surface area (Å²) in [7, 11) is 0. The average Bonchev–Trinajstić information content (AvgIpc) is 2.58. The molecule has 0 N–H and O–H groups in total. The van der Waals surface area contributed by atoms with Crippen LogP contribution in [0.4, 0.5) is 0 Å². The standard InChI is InChI=1S/C10H19NO/c1-10(4-8-12-9-5-10)11-6-2-3-7-11/h2-9H2,1H3. The Labute approximate surface area is 74.9 Å². The molecular weight excluding hydrogens is 150 g/mol. The summed E-state index contributed by atoms with van der Waals surface area (Å²) in [5, 5.41) is 0. The average molecular weight is 169 g/mol. The third-order valence-electron chi connectivity index (χ3n) is 3.44.